The Labute approximate surface area is 85.6 Å². The first-order chi connectivity index (χ1) is 6.48. The highest BCUT2D eigenvalue weighted by Crippen LogP contribution is 2.33. The van der Waals surface area contributed by atoms with Crippen LogP contribution in [0.4, 0.5) is 0 Å². The van der Waals surface area contributed by atoms with E-state index in [2.05, 4.69) is 32.1 Å². The van der Waals surface area contributed by atoms with Crippen molar-refractivity contribution in [2.75, 3.05) is 0 Å². The van der Waals surface area contributed by atoms with Gasteiger partial charge in [0.2, 0.25) is 0 Å². The molecule has 1 heterocycles. The van der Waals surface area contributed by atoms with Gasteiger partial charge < -0.3 is 9.47 Å². The van der Waals surface area contributed by atoms with Gasteiger partial charge in [-0.1, -0.05) is 26.0 Å². The molecule has 0 saturated carbocycles. The van der Waals surface area contributed by atoms with Gasteiger partial charge in [0.25, 0.3) is 0 Å². The van der Waals surface area contributed by atoms with Crippen LogP contribution >= 0.6 is 0 Å². The minimum absolute atomic E-state index is 0.104. The first kappa shape index (κ1) is 9.94. The van der Waals surface area contributed by atoms with Crippen molar-refractivity contribution in [1.29, 1.82) is 0 Å². The Morgan fingerprint density at radius 2 is 1.86 bits per heavy atom. The topological polar surface area (TPSA) is 18.5 Å². The molecular formula is C12H18O2. The summed E-state index contributed by atoms with van der Waals surface area (Å²) in [7, 11) is 0. The summed E-state index contributed by atoms with van der Waals surface area (Å²) < 4.78 is 11.5. The van der Waals surface area contributed by atoms with Gasteiger partial charge in [0.05, 0.1) is 0 Å². The average molecular weight is 194 g/mol. The van der Waals surface area contributed by atoms with Crippen LogP contribution in [0.2, 0.25) is 0 Å². The number of fused-ring (bicyclic) bond motifs is 1. The lowest BCUT2D eigenvalue weighted by Gasteiger charge is -2.18. The van der Waals surface area contributed by atoms with Gasteiger partial charge in [-0.25, -0.2) is 0 Å². The van der Waals surface area contributed by atoms with Crippen molar-refractivity contribution in [1.82, 2.24) is 0 Å². The van der Waals surface area contributed by atoms with Crippen LogP contribution in [0.3, 0.4) is 0 Å². The Bertz CT molecular complexity index is 287. The lowest BCUT2D eigenvalue weighted by molar-refractivity contribution is -0.138. The molecule has 1 fully saturated rings. The molecule has 1 saturated heterocycles. The molecule has 0 aromatic rings. The smallest absolute Gasteiger partial charge is 0.164 e. The van der Waals surface area contributed by atoms with Gasteiger partial charge in [0, 0.05) is 0 Å². The molecule has 0 N–H and O–H groups in total. The second-order valence-electron chi connectivity index (χ2n) is 4.75. The predicted molar refractivity (Wildman–Crippen MR) is 55.9 cm³/mol. The van der Waals surface area contributed by atoms with E-state index in [-0.39, 0.29) is 12.2 Å². The molecule has 14 heavy (non-hydrogen) atoms. The zero-order valence-corrected chi connectivity index (χ0v) is 9.28. The highest BCUT2D eigenvalue weighted by Gasteiger charge is 2.40. The van der Waals surface area contributed by atoms with E-state index in [0.717, 1.165) is 0 Å². The zero-order valence-electron chi connectivity index (χ0n) is 9.28. The van der Waals surface area contributed by atoms with E-state index in [1.165, 1.54) is 5.57 Å². The summed E-state index contributed by atoms with van der Waals surface area (Å²) in [5.41, 5.74) is 1.34. The van der Waals surface area contributed by atoms with E-state index in [0.29, 0.717) is 5.92 Å². The molecule has 2 aliphatic rings. The van der Waals surface area contributed by atoms with Crippen molar-refractivity contribution in [3.63, 3.8) is 0 Å². The first-order valence-electron chi connectivity index (χ1n) is 5.23. The standard InChI is InChI=1S/C12H18O2/c1-8(2)9-5-6-10-11(7-9)14-12(3,4)13-10/h5-8,10-11H,1-4H3. The van der Waals surface area contributed by atoms with E-state index in [9.17, 15) is 0 Å². The summed E-state index contributed by atoms with van der Waals surface area (Å²) in [6.07, 6.45) is 6.65. The van der Waals surface area contributed by atoms with E-state index in [1.54, 1.807) is 0 Å². The molecule has 1 aliphatic heterocycles. The second-order valence-corrected chi connectivity index (χ2v) is 4.75. The minimum atomic E-state index is -0.442. The molecule has 2 heteroatoms. The minimum Gasteiger partial charge on any atom is -0.340 e. The summed E-state index contributed by atoms with van der Waals surface area (Å²) >= 11 is 0. The highest BCUT2D eigenvalue weighted by atomic mass is 16.7. The van der Waals surface area contributed by atoms with E-state index in [4.69, 9.17) is 9.47 Å². The van der Waals surface area contributed by atoms with Crippen LogP contribution in [0.1, 0.15) is 27.7 Å². The number of ether oxygens (including phenoxy) is 2. The first-order valence-corrected chi connectivity index (χ1v) is 5.23. The number of hydrogen-bond acceptors (Lipinski definition) is 2. The van der Waals surface area contributed by atoms with E-state index in [1.807, 2.05) is 13.8 Å². The van der Waals surface area contributed by atoms with Crippen LogP contribution in [0, 0.1) is 5.92 Å². The van der Waals surface area contributed by atoms with Gasteiger partial charge in [-0.05, 0) is 31.4 Å². The molecule has 0 aromatic heterocycles. The molecule has 0 bridgehead atoms. The third-order valence-corrected chi connectivity index (χ3v) is 2.67. The molecular weight excluding hydrogens is 176 g/mol. The molecule has 0 radical (unpaired) electrons. The lowest BCUT2D eigenvalue weighted by Crippen LogP contribution is -2.21. The van der Waals surface area contributed by atoms with Gasteiger partial charge in [-0.2, -0.15) is 0 Å². The summed E-state index contributed by atoms with van der Waals surface area (Å²) in [6, 6.07) is 0. The van der Waals surface area contributed by atoms with Crippen molar-refractivity contribution < 1.29 is 9.47 Å². The molecule has 0 aromatic carbocycles. The molecule has 0 spiro atoms. The molecule has 0 amide bonds. The van der Waals surface area contributed by atoms with Crippen molar-refractivity contribution >= 4 is 0 Å². The van der Waals surface area contributed by atoms with Crippen molar-refractivity contribution in [3.05, 3.63) is 23.8 Å². The fraction of sp³-hybridized carbons (Fsp3) is 0.667. The van der Waals surface area contributed by atoms with Gasteiger partial charge >= 0.3 is 0 Å². The van der Waals surface area contributed by atoms with Crippen LogP contribution in [-0.4, -0.2) is 18.0 Å². The van der Waals surface area contributed by atoms with Gasteiger partial charge in [-0.3, -0.25) is 0 Å². The average Bonchev–Trinajstić information content (AvgIpc) is 2.36. The maximum Gasteiger partial charge on any atom is 0.164 e. The largest absolute Gasteiger partial charge is 0.340 e. The summed E-state index contributed by atoms with van der Waals surface area (Å²) in [5.74, 6) is 0.113. The lowest BCUT2D eigenvalue weighted by atomic mass is 9.95. The number of rotatable bonds is 1. The SMILES string of the molecule is CC(C)C1=CC2OC(C)(C)OC2C=C1. The van der Waals surface area contributed by atoms with Crippen LogP contribution in [0.25, 0.3) is 0 Å². The summed E-state index contributed by atoms with van der Waals surface area (Å²) in [5, 5.41) is 0. The molecule has 2 atom stereocenters. The molecule has 2 rings (SSSR count). The molecule has 1 aliphatic carbocycles. The van der Waals surface area contributed by atoms with Crippen molar-refractivity contribution in [3.8, 4) is 0 Å². The van der Waals surface area contributed by atoms with E-state index < -0.39 is 5.79 Å². The number of hydrogen-bond donors (Lipinski definition) is 0. The fourth-order valence-electron chi connectivity index (χ4n) is 1.93. The van der Waals surface area contributed by atoms with E-state index >= 15 is 0 Å². The van der Waals surface area contributed by atoms with Gasteiger partial charge in [0.15, 0.2) is 5.79 Å². The maximum absolute atomic E-state index is 5.78. The molecule has 78 valence electrons. The quantitative estimate of drug-likeness (QED) is 0.639. The van der Waals surface area contributed by atoms with Crippen molar-refractivity contribution in [2.24, 2.45) is 5.92 Å². The third kappa shape index (κ3) is 1.77. The predicted octanol–water partition coefficient (Wildman–Crippen LogP) is 2.66. The molecule has 2 nitrogen and oxygen atoms in total. The zero-order chi connectivity index (χ0) is 10.3. The van der Waals surface area contributed by atoms with Crippen LogP contribution in [-0.2, 0) is 9.47 Å². The summed E-state index contributed by atoms with van der Waals surface area (Å²) in [6.45, 7) is 8.30. The maximum atomic E-state index is 5.78. The Morgan fingerprint density at radius 3 is 2.50 bits per heavy atom. The Kier molecular flexibility index (Phi) is 2.28. The Morgan fingerprint density at radius 1 is 1.21 bits per heavy atom. The van der Waals surface area contributed by atoms with Gasteiger partial charge in [-0.15, -0.1) is 0 Å². The number of allylic oxidation sites excluding steroid dienone is 2. The summed E-state index contributed by atoms with van der Waals surface area (Å²) in [4.78, 5) is 0. The normalized spacial score (nSPS) is 34.5. The molecule has 2 unspecified atom stereocenters. The van der Waals surface area contributed by atoms with Crippen molar-refractivity contribution in [2.45, 2.75) is 45.7 Å². The fourth-order valence-corrected chi connectivity index (χ4v) is 1.93. The van der Waals surface area contributed by atoms with Crippen LogP contribution in [0.15, 0.2) is 23.8 Å². The Hall–Kier alpha value is -0.600. The highest BCUT2D eigenvalue weighted by molar-refractivity contribution is 5.29. The third-order valence-electron chi connectivity index (χ3n) is 2.67. The second kappa shape index (κ2) is 3.21. The van der Waals surface area contributed by atoms with Gasteiger partial charge in [0.1, 0.15) is 12.2 Å². The monoisotopic (exact) mass is 194 g/mol. The van der Waals surface area contributed by atoms with Crippen LogP contribution < -0.4 is 0 Å². The Balaban J connectivity index is 2.17. The van der Waals surface area contributed by atoms with Crippen LogP contribution in [0.5, 0.6) is 0 Å².